The number of hydrogen-bond donors (Lipinski definition) is 1. The van der Waals surface area contributed by atoms with E-state index in [4.69, 9.17) is 5.11 Å². The van der Waals surface area contributed by atoms with Crippen molar-refractivity contribution in [3.05, 3.63) is 12.8 Å². The van der Waals surface area contributed by atoms with E-state index in [2.05, 4.69) is 11.3 Å². The van der Waals surface area contributed by atoms with Gasteiger partial charge in [-0.1, -0.05) is 26.8 Å². The van der Waals surface area contributed by atoms with Crippen LogP contribution in [0.25, 0.3) is 0 Å². The minimum atomic E-state index is -0.653. The molecule has 0 aliphatic rings. The number of carboxylic acid groups (broad SMARTS) is 1. The van der Waals surface area contributed by atoms with Crippen molar-refractivity contribution < 1.29 is 19.4 Å². The summed E-state index contributed by atoms with van der Waals surface area (Å²) < 4.78 is 4.17. The van der Waals surface area contributed by atoms with Crippen molar-refractivity contribution in [1.82, 2.24) is 0 Å². The topological polar surface area (TPSA) is 63.6 Å². The summed E-state index contributed by atoms with van der Waals surface area (Å²) in [4.78, 5) is 20.1. The van der Waals surface area contributed by atoms with Gasteiger partial charge in [-0.05, 0) is 12.8 Å². The van der Waals surface area contributed by atoms with Crippen LogP contribution in [0.4, 0.5) is 0 Å². The molecule has 1 atom stereocenters. The lowest BCUT2D eigenvalue weighted by Gasteiger charge is -2.05. The van der Waals surface area contributed by atoms with Gasteiger partial charge in [0.15, 0.2) is 0 Å². The van der Waals surface area contributed by atoms with Gasteiger partial charge < -0.3 is 9.84 Å². The molecule has 0 saturated carbocycles. The molecule has 0 spiro atoms. The third-order valence-corrected chi connectivity index (χ3v) is 1.73. The minimum Gasteiger partial charge on any atom is -0.481 e. The smallest absolute Gasteiger partial charge is 0.307 e. The molecule has 0 aromatic carbocycles. The van der Waals surface area contributed by atoms with Crippen molar-refractivity contribution in [3.63, 3.8) is 0 Å². The first kappa shape index (κ1) is 16.1. The van der Waals surface area contributed by atoms with E-state index in [0.717, 1.165) is 25.5 Å². The molecular formula is C11H20O4. The number of hydrogen-bond acceptors (Lipinski definition) is 3. The van der Waals surface area contributed by atoms with Gasteiger partial charge in [0.05, 0.1) is 12.2 Å². The molecule has 0 fully saturated rings. The van der Waals surface area contributed by atoms with E-state index >= 15 is 0 Å². The second kappa shape index (κ2) is 10.8. The Morgan fingerprint density at radius 1 is 1.47 bits per heavy atom. The third-order valence-electron chi connectivity index (χ3n) is 1.73. The molecule has 0 aromatic heterocycles. The van der Waals surface area contributed by atoms with Gasteiger partial charge in [0.25, 0.3) is 0 Å². The fraction of sp³-hybridized carbons (Fsp3) is 0.636. The summed E-state index contributed by atoms with van der Waals surface area (Å²) in [6, 6.07) is 0. The SMILES string of the molecule is C=COC(C)=O.CCCC(CC)C(=O)O. The molecule has 0 amide bonds. The quantitative estimate of drug-likeness (QED) is 0.566. The standard InChI is InChI=1S/C7H14O2.C4H6O2/c1-3-5-6(4-2)7(8)9;1-3-6-4(2)5/h6H,3-5H2,1-2H3,(H,8,9);3H,1H2,2H3. The zero-order valence-electron chi connectivity index (χ0n) is 9.66. The largest absolute Gasteiger partial charge is 0.481 e. The molecule has 0 saturated heterocycles. The minimum absolute atomic E-state index is 0.116. The van der Waals surface area contributed by atoms with Crippen LogP contribution in [0.2, 0.25) is 0 Å². The summed E-state index contributed by atoms with van der Waals surface area (Å²) in [5, 5.41) is 8.50. The van der Waals surface area contributed by atoms with E-state index in [9.17, 15) is 9.59 Å². The first-order chi connectivity index (χ1) is 6.99. The zero-order chi connectivity index (χ0) is 12.3. The van der Waals surface area contributed by atoms with Gasteiger partial charge in [-0.3, -0.25) is 9.59 Å². The average Bonchev–Trinajstić information content (AvgIpc) is 2.14. The van der Waals surface area contributed by atoms with Crippen molar-refractivity contribution >= 4 is 11.9 Å². The molecule has 0 radical (unpaired) electrons. The number of aliphatic carboxylic acids is 1. The van der Waals surface area contributed by atoms with Crippen molar-refractivity contribution in [1.29, 1.82) is 0 Å². The molecule has 0 bridgehead atoms. The van der Waals surface area contributed by atoms with Gasteiger partial charge in [-0.2, -0.15) is 0 Å². The molecule has 4 heteroatoms. The number of esters is 1. The average molecular weight is 216 g/mol. The summed E-state index contributed by atoms with van der Waals surface area (Å²) >= 11 is 0. The van der Waals surface area contributed by atoms with Crippen LogP contribution in [-0.2, 0) is 14.3 Å². The molecule has 1 N–H and O–H groups in total. The van der Waals surface area contributed by atoms with Crippen LogP contribution in [-0.4, -0.2) is 17.0 Å². The van der Waals surface area contributed by atoms with Crippen LogP contribution >= 0.6 is 0 Å². The Morgan fingerprint density at radius 2 is 2.00 bits per heavy atom. The molecule has 0 rings (SSSR count). The van der Waals surface area contributed by atoms with Crippen LogP contribution in [0.5, 0.6) is 0 Å². The van der Waals surface area contributed by atoms with E-state index in [1.807, 2.05) is 13.8 Å². The van der Waals surface area contributed by atoms with Crippen molar-refractivity contribution in [2.24, 2.45) is 5.92 Å². The Bertz CT molecular complexity index is 199. The number of carbonyl (C=O) groups excluding carboxylic acids is 1. The van der Waals surface area contributed by atoms with Gasteiger partial charge in [0, 0.05) is 6.92 Å². The Hall–Kier alpha value is -1.32. The number of carboxylic acids is 1. The van der Waals surface area contributed by atoms with Crippen molar-refractivity contribution in [2.45, 2.75) is 40.0 Å². The highest BCUT2D eigenvalue weighted by Crippen LogP contribution is 2.09. The second-order valence-electron chi connectivity index (χ2n) is 3.01. The van der Waals surface area contributed by atoms with Gasteiger partial charge in [0.1, 0.15) is 0 Å². The predicted molar refractivity (Wildman–Crippen MR) is 58.3 cm³/mol. The monoisotopic (exact) mass is 216 g/mol. The fourth-order valence-corrected chi connectivity index (χ4v) is 0.968. The summed E-state index contributed by atoms with van der Waals surface area (Å²) in [5.41, 5.74) is 0. The summed E-state index contributed by atoms with van der Waals surface area (Å²) in [7, 11) is 0. The van der Waals surface area contributed by atoms with E-state index in [1.54, 1.807) is 0 Å². The molecule has 0 aliphatic carbocycles. The molecule has 1 unspecified atom stereocenters. The first-order valence-electron chi connectivity index (χ1n) is 5.00. The lowest BCUT2D eigenvalue weighted by Crippen LogP contribution is -2.11. The molecule has 0 aliphatic heterocycles. The highest BCUT2D eigenvalue weighted by Gasteiger charge is 2.12. The Morgan fingerprint density at radius 3 is 2.07 bits per heavy atom. The highest BCUT2D eigenvalue weighted by atomic mass is 16.5. The van der Waals surface area contributed by atoms with Crippen LogP contribution < -0.4 is 0 Å². The Labute approximate surface area is 90.9 Å². The first-order valence-corrected chi connectivity index (χ1v) is 5.00. The van der Waals surface area contributed by atoms with Crippen LogP contribution in [0, 0.1) is 5.92 Å². The van der Waals surface area contributed by atoms with Crippen LogP contribution in [0.15, 0.2) is 12.8 Å². The summed E-state index contributed by atoms with van der Waals surface area (Å²) in [5.74, 6) is -1.10. The van der Waals surface area contributed by atoms with Crippen molar-refractivity contribution in [3.8, 4) is 0 Å². The number of carbonyl (C=O) groups is 2. The van der Waals surface area contributed by atoms with Gasteiger partial charge >= 0.3 is 11.9 Å². The van der Waals surface area contributed by atoms with Gasteiger partial charge in [-0.25, -0.2) is 0 Å². The Kier molecular flexibility index (Phi) is 11.6. The highest BCUT2D eigenvalue weighted by molar-refractivity contribution is 5.69. The maximum atomic E-state index is 10.3. The van der Waals surface area contributed by atoms with Crippen molar-refractivity contribution in [2.75, 3.05) is 0 Å². The number of ether oxygens (including phenoxy) is 1. The second-order valence-corrected chi connectivity index (χ2v) is 3.01. The lowest BCUT2D eigenvalue weighted by molar-refractivity contribution is -0.142. The maximum Gasteiger partial charge on any atom is 0.307 e. The Balaban J connectivity index is 0. The molecule has 4 nitrogen and oxygen atoms in total. The van der Waals surface area contributed by atoms with Crippen LogP contribution in [0.3, 0.4) is 0 Å². The zero-order valence-corrected chi connectivity index (χ0v) is 9.66. The van der Waals surface area contributed by atoms with Gasteiger partial charge in [0.2, 0.25) is 0 Å². The molecule has 15 heavy (non-hydrogen) atoms. The third kappa shape index (κ3) is 12.7. The predicted octanol–water partition coefficient (Wildman–Crippen LogP) is 2.59. The normalized spacial score (nSPS) is 10.6. The van der Waals surface area contributed by atoms with E-state index in [-0.39, 0.29) is 11.9 Å². The summed E-state index contributed by atoms with van der Waals surface area (Å²) in [6.45, 7) is 8.40. The van der Waals surface area contributed by atoms with E-state index in [1.165, 1.54) is 6.92 Å². The molecule has 88 valence electrons. The van der Waals surface area contributed by atoms with Crippen LogP contribution in [0.1, 0.15) is 40.0 Å². The number of rotatable bonds is 5. The molecular weight excluding hydrogens is 196 g/mol. The lowest BCUT2D eigenvalue weighted by atomic mass is 10.0. The molecule has 0 aromatic rings. The summed E-state index contributed by atoms with van der Waals surface area (Å²) in [6.07, 6.45) is 3.63. The van der Waals surface area contributed by atoms with Gasteiger partial charge in [-0.15, -0.1) is 0 Å². The fourth-order valence-electron chi connectivity index (χ4n) is 0.968. The van der Waals surface area contributed by atoms with E-state index in [0.29, 0.717) is 0 Å². The maximum absolute atomic E-state index is 10.3. The molecule has 0 heterocycles. The van der Waals surface area contributed by atoms with E-state index < -0.39 is 5.97 Å².